The Morgan fingerprint density at radius 2 is 2.00 bits per heavy atom. The van der Waals surface area contributed by atoms with Crippen molar-refractivity contribution in [3.63, 3.8) is 0 Å². The third-order valence-corrected chi connectivity index (χ3v) is 3.04. The molecule has 0 radical (unpaired) electrons. The summed E-state index contributed by atoms with van der Waals surface area (Å²) in [7, 11) is 0. The summed E-state index contributed by atoms with van der Waals surface area (Å²) in [6.07, 6.45) is 0. The van der Waals surface area contributed by atoms with Crippen LogP contribution < -0.4 is 11.1 Å². The lowest BCUT2D eigenvalue weighted by Crippen LogP contribution is -2.23. The Bertz CT molecular complexity index is 609. The van der Waals surface area contributed by atoms with Crippen molar-refractivity contribution in [3.05, 3.63) is 59.2 Å². The van der Waals surface area contributed by atoms with E-state index in [1.807, 2.05) is 25.1 Å². The normalized spacial score (nSPS) is 10.2. The van der Waals surface area contributed by atoms with Crippen LogP contribution in [0.1, 0.15) is 21.5 Å². The van der Waals surface area contributed by atoms with E-state index in [4.69, 9.17) is 5.73 Å². The van der Waals surface area contributed by atoms with Crippen molar-refractivity contribution in [1.82, 2.24) is 5.32 Å². The molecule has 0 bridgehead atoms. The molecule has 0 atom stereocenters. The van der Waals surface area contributed by atoms with Gasteiger partial charge in [-0.15, -0.1) is 0 Å². The summed E-state index contributed by atoms with van der Waals surface area (Å²) in [6, 6.07) is 11.9. The molecule has 4 nitrogen and oxygen atoms in total. The van der Waals surface area contributed by atoms with E-state index in [1.54, 1.807) is 12.1 Å². The first kappa shape index (κ1) is 13.0. The number of nitrogens with one attached hydrogen (secondary N) is 1. The van der Waals surface area contributed by atoms with E-state index in [0.717, 1.165) is 11.1 Å². The molecule has 4 heteroatoms. The number of hydrogen-bond acceptors (Lipinski definition) is 3. The molecule has 0 saturated heterocycles. The Labute approximate surface area is 111 Å². The zero-order chi connectivity index (χ0) is 13.8. The first-order valence-corrected chi connectivity index (χ1v) is 5.99. The lowest BCUT2D eigenvalue weighted by molar-refractivity contribution is 0.0950. The minimum absolute atomic E-state index is 0.0767. The molecule has 0 aliphatic rings. The molecule has 0 spiro atoms. The third kappa shape index (κ3) is 3.04. The SMILES string of the molecule is Cc1c(N)cccc1CNC(=O)c1cccc(O)c1. The maximum atomic E-state index is 11.9. The van der Waals surface area contributed by atoms with Gasteiger partial charge in [-0.25, -0.2) is 0 Å². The average Bonchev–Trinajstić information content (AvgIpc) is 2.40. The fourth-order valence-corrected chi connectivity index (χ4v) is 1.82. The Balaban J connectivity index is 2.07. The first-order valence-electron chi connectivity index (χ1n) is 5.99. The van der Waals surface area contributed by atoms with Gasteiger partial charge in [0.1, 0.15) is 5.75 Å². The van der Waals surface area contributed by atoms with Crippen molar-refractivity contribution < 1.29 is 9.90 Å². The summed E-state index contributed by atoms with van der Waals surface area (Å²) in [5, 5.41) is 12.1. The smallest absolute Gasteiger partial charge is 0.251 e. The lowest BCUT2D eigenvalue weighted by atomic mass is 10.1. The molecule has 0 fully saturated rings. The Morgan fingerprint density at radius 1 is 1.26 bits per heavy atom. The van der Waals surface area contributed by atoms with E-state index in [2.05, 4.69) is 5.32 Å². The predicted molar refractivity (Wildman–Crippen MR) is 74.9 cm³/mol. The first-order chi connectivity index (χ1) is 9.08. The van der Waals surface area contributed by atoms with Crippen LogP contribution >= 0.6 is 0 Å². The van der Waals surface area contributed by atoms with Gasteiger partial charge in [0, 0.05) is 17.8 Å². The highest BCUT2D eigenvalue weighted by Crippen LogP contribution is 2.15. The zero-order valence-corrected chi connectivity index (χ0v) is 10.7. The van der Waals surface area contributed by atoms with E-state index in [0.29, 0.717) is 17.8 Å². The molecule has 2 aromatic carbocycles. The molecule has 0 heterocycles. The van der Waals surface area contributed by atoms with Gasteiger partial charge in [0.15, 0.2) is 0 Å². The van der Waals surface area contributed by atoms with Gasteiger partial charge in [-0.1, -0.05) is 18.2 Å². The van der Waals surface area contributed by atoms with Crippen LogP contribution in [0.4, 0.5) is 5.69 Å². The van der Waals surface area contributed by atoms with Crippen molar-refractivity contribution in [2.75, 3.05) is 5.73 Å². The van der Waals surface area contributed by atoms with E-state index in [1.165, 1.54) is 12.1 Å². The summed E-state index contributed by atoms with van der Waals surface area (Å²) in [6.45, 7) is 2.33. The highest BCUT2D eigenvalue weighted by molar-refractivity contribution is 5.94. The van der Waals surface area contributed by atoms with Gasteiger partial charge in [0.2, 0.25) is 0 Å². The number of nitrogens with two attached hydrogens (primary N) is 1. The average molecular weight is 256 g/mol. The summed E-state index contributed by atoms with van der Waals surface area (Å²) in [5.41, 5.74) is 8.91. The molecule has 0 aliphatic heterocycles. The number of anilines is 1. The Kier molecular flexibility index (Phi) is 3.71. The fourth-order valence-electron chi connectivity index (χ4n) is 1.82. The monoisotopic (exact) mass is 256 g/mol. The highest BCUT2D eigenvalue weighted by atomic mass is 16.3. The standard InChI is InChI=1S/C15H16N2O2/c1-10-12(5-3-7-14(10)16)9-17-15(19)11-4-2-6-13(18)8-11/h2-8,18H,9,16H2,1H3,(H,17,19). The quantitative estimate of drug-likeness (QED) is 0.737. The van der Waals surface area contributed by atoms with Gasteiger partial charge in [0.05, 0.1) is 0 Å². The van der Waals surface area contributed by atoms with E-state index < -0.39 is 0 Å². The summed E-state index contributed by atoms with van der Waals surface area (Å²) in [5.74, 6) is -0.148. The fraction of sp³-hybridized carbons (Fsp3) is 0.133. The minimum Gasteiger partial charge on any atom is -0.508 e. The van der Waals surface area contributed by atoms with Gasteiger partial charge in [0.25, 0.3) is 5.91 Å². The van der Waals surface area contributed by atoms with Gasteiger partial charge in [-0.3, -0.25) is 4.79 Å². The van der Waals surface area contributed by atoms with Crippen molar-refractivity contribution in [2.24, 2.45) is 0 Å². The van der Waals surface area contributed by atoms with Gasteiger partial charge in [-0.2, -0.15) is 0 Å². The second kappa shape index (κ2) is 5.44. The van der Waals surface area contributed by atoms with Crippen LogP contribution in [0.5, 0.6) is 5.75 Å². The maximum Gasteiger partial charge on any atom is 0.251 e. The number of aromatic hydroxyl groups is 1. The summed E-state index contributed by atoms with van der Waals surface area (Å²) in [4.78, 5) is 11.9. The largest absolute Gasteiger partial charge is 0.508 e. The molecule has 0 aliphatic carbocycles. The van der Waals surface area contributed by atoms with Gasteiger partial charge in [-0.05, 0) is 42.3 Å². The molecule has 0 unspecified atom stereocenters. The van der Waals surface area contributed by atoms with Crippen molar-refractivity contribution in [1.29, 1.82) is 0 Å². The van der Waals surface area contributed by atoms with Gasteiger partial charge < -0.3 is 16.2 Å². The van der Waals surface area contributed by atoms with Crippen LogP contribution in [-0.4, -0.2) is 11.0 Å². The predicted octanol–water partition coefficient (Wildman–Crippen LogP) is 2.21. The molecule has 19 heavy (non-hydrogen) atoms. The summed E-state index contributed by atoms with van der Waals surface area (Å²) >= 11 is 0. The van der Waals surface area contributed by atoms with Crippen LogP contribution in [-0.2, 0) is 6.54 Å². The number of carbonyl (C=O) groups is 1. The number of benzene rings is 2. The van der Waals surface area contributed by atoms with E-state index >= 15 is 0 Å². The van der Waals surface area contributed by atoms with Crippen LogP contribution in [0, 0.1) is 6.92 Å². The van der Waals surface area contributed by atoms with Crippen LogP contribution in [0.2, 0.25) is 0 Å². The molecule has 1 amide bonds. The van der Waals surface area contributed by atoms with Crippen LogP contribution in [0.25, 0.3) is 0 Å². The number of carbonyl (C=O) groups excluding carboxylic acids is 1. The Hall–Kier alpha value is -2.49. The number of hydrogen-bond donors (Lipinski definition) is 3. The van der Waals surface area contributed by atoms with Crippen molar-refractivity contribution in [2.45, 2.75) is 13.5 Å². The topological polar surface area (TPSA) is 75.3 Å². The molecule has 98 valence electrons. The van der Waals surface area contributed by atoms with Crippen molar-refractivity contribution in [3.8, 4) is 5.75 Å². The number of phenolic OH excluding ortho intramolecular Hbond substituents is 1. The Morgan fingerprint density at radius 3 is 2.74 bits per heavy atom. The molecule has 0 aromatic heterocycles. The van der Waals surface area contributed by atoms with Crippen molar-refractivity contribution >= 4 is 11.6 Å². The number of amides is 1. The molecule has 0 saturated carbocycles. The van der Waals surface area contributed by atoms with Crippen LogP contribution in [0.3, 0.4) is 0 Å². The number of phenols is 1. The molecular formula is C15H16N2O2. The van der Waals surface area contributed by atoms with E-state index in [9.17, 15) is 9.90 Å². The maximum absolute atomic E-state index is 11.9. The minimum atomic E-state index is -0.224. The second-order valence-corrected chi connectivity index (χ2v) is 4.36. The summed E-state index contributed by atoms with van der Waals surface area (Å²) < 4.78 is 0. The molecule has 2 rings (SSSR count). The number of rotatable bonds is 3. The van der Waals surface area contributed by atoms with E-state index in [-0.39, 0.29) is 11.7 Å². The molecule has 2 aromatic rings. The van der Waals surface area contributed by atoms with Gasteiger partial charge >= 0.3 is 0 Å². The molecular weight excluding hydrogens is 240 g/mol. The number of nitrogen functional groups attached to an aromatic ring is 1. The lowest BCUT2D eigenvalue weighted by Gasteiger charge is -2.10. The molecule has 4 N–H and O–H groups in total. The zero-order valence-electron chi connectivity index (χ0n) is 10.7. The highest BCUT2D eigenvalue weighted by Gasteiger charge is 2.07. The third-order valence-electron chi connectivity index (χ3n) is 3.04. The van der Waals surface area contributed by atoms with Crippen LogP contribution in [0.15, 0.2) is 42.5 Å². The second-order valence-electron chi connectivity index (χ2n) is 4.36.